The Morgan fingerprint density at radius 1 is 0.386 bits per heavy atom. The first kappa shape index (κ1) is 30.6. The summed E-state index contributed by atoms with van der Waals surface area (Å²) in [6.07, 6.45) is 0. The van der Waals surface area contributed by atoms with Gasteiger partial charge in [0.1, 0.15) is 16.8 Å². The molecular weight excluding hydrogens is 697 g/mol. The maximum atomic E-state index is 6.39. The highest BCUT2D eigenvalue weighted by Crippen LogP contribution is 2.48. The van der Waals surface area contributed by atoms with E-state index in [9.17, 15) is 0 Å². The van der Waals surface area contributed by atoms with Gasteiger partial charge >= 0.3 is 0 Å². The van der Waals surface area contributed by atoms with Crippen LogP contribution < -0.4 is 0 Å². The van der Waals surface area contributed by atoms with Crippen LogP contribution in [0, 0.1) is 0 Å². The van der Waals surface area contributed by atoms with Gasteiger partial charge in [-0.15, -0.1) is 0 Å². The zero-order chi connectivity index (χ0) is 37.2. The van der Waals surface area contributed by atoms with E-state index in [1.807, 2.05) is 24.3 Å². The summed E-state index contributed by atoms with van der Waals surface area (Å²) in [5.74, 6) is 0.759. The molecule has 4 aromatic heterocycles. The van der Waals surface area contributed by atoms with Gasteiger partial charge in [0.15, 0.2) is 5.82 Å². The fourth-order valence-electron chi connectivity index (χ4n) is 9.41. The van der Waals surface area contributed by atoms with Gasteiger partial charge in [0.25, 0.3) is 0 Å². The third-order valence-electron chi connectivity index (χ3n) is 11.9. The van der Waals surface area contributed by atoms with Crippen molar-refractivity contribution in [3.05, 3.63) is 182 Å². The lowest BCUT2D eigenvalue weighted by Gasteiger charge is -2.14. The van der Waals surface area contributed by atoms with E-state index in [-0.39, 0.29) is 0 Å². The molecule has 0 saturated carbocycles. The predicted molar refractivity (Wildman–Crippen MR) is 233 cm³/mol. The summed E-state index contributed by atoms with van der Waals surface area (Å²) in [5, 5.41) is 5.65. The molecular formula is C52H30N4O. The van der Waals surface area contributed by atoms with Gasteiger partial charge in [-0.25, -0.2) is 9.97 Å². The summed E-state index contributed by atoms with van der Waals surface area (Å²) >= 11 is 0. The molecule has 0 aliphatic carbocycles. The third kappa shape index (κ3) is 4.23. The number of rotatable bonds is 3. The van der Waals surface area contributed by atoms with Gasteiger partial charge in [-0.05, 0) is 64.7 Å². The van der Waals surface area contributed by atoms with E-state index < -0.39 is 0 Å². The standard InChI is InChI=1S/C52H30N4O/c1-2-14-31(15-3-1)32-16-12-17-33(28-32)48-51(53-49-40-22-8-11-27-47(40)57-52(49)54-48)56-44-26-10-7-21-37(44)41-29-45-42(30-46(41)56)39-24-13-23-38-35-19-5-4-18-34(35)36-20-6-9-25-43(36)55(45)50(38)39/h1-30H. The van der Waals surface area contributed by atoms with Crippen molar-refractivity contribution in [3.63, 3.8) is 0 Å². The largest absolute Gasteiger partial charge is 0.436 e. The molecule has 1 aliphatic rings. The quantitative estimate of drug-likeness (QED) is 0.182. The van der Waals surface area contributed by atoms with E-state index in [0.717, 1.165) is 66.5 Å². The Hall–Kier alpha value is -7.76. The average Bonchev–Trinajstić information content (AvgIpc) is 3.89. The Bertz CT molecular complexity index is 3640. The summed E-state index contributed by atoms with van der Waals surface area (Å²) in [6, 6.07) is 65.0. The van der Waals surface area contributed by atoms with Crippen LogP contribution in [-0.2, 0) is 0 Å². The Morgan fingerprint density at radius 3 is 1.88 bits per heavy atom. The minimum absolute atomic E-state index is 0.521. The SMILES string of the molecule is c1ccc(-c2cccc(-c3nc4oc5ccccc5c4nc3-n3c4ccccc4c4cc5c(cc43)c3cccc4c3n5-c3ccccc3-c3ccccc3-4)c2)cc1. The van der Waals surface area contributed by atoms with Crippen LogP contribution in [0.25, 0.3) is 122 Å². The van der Waals surface area contributed by atoms with Crippen molar-refractivity contribution in [2.75, 3.05) is 0 Å². The molecule has 264 valence electrons. The first-order valence-electron chi connectivity index (χ1n) is 19.3. The molecule has 0 radical (unpaired) electrons. The highest BCUT2D eigenvalue weighted by Gasteiger charge is 2.27. The summed E-state index contributed by atoms with van der Waals surface area (Å²) in [7, 11) is 0. The van der Waals surface area contributed by atoms with E-state index in [1.165, 1.54) is 49.7 Å². The molecule has 13 rings (SSSR count). The predicted octanol–water partition coefficient (Wildman–Crippen LogP) is 13.6. The highest BCUT2D eigenvalue weighted by molar-refractivity contribution is 6.22. The van der Waals surface area contributed by atoms with Crippen LogP contribution in [-0.4, -0.2) is 19.1 Å². The average molecular weight is 727 g/mol. The van der Waals surface area contributed by atoms with Crippen molar-refractivity contribution < 1.29 is 4.42 Å². The molecule has 5 nitrogen and oxygen atoms in total. The Kier molecular flexibility index (Phi) is 6.10. The lowest BCUT2D eigenvalue weighted by atomic mass is 9.94. The van der Waals surface area contributed by atoms with Gasteiger partial charge in [-0.1, -0.05) is 140 Å². The van der Waals surface area contributed by atoms with E-state index >= 15 is 0 Å². The molecule has 0 fully saturated rings. The number of para-hydroxylation sites is 4. The zero-order valence-electron chi connectivity index (χ0n) is 30.5. The van der Waals surface area contributed by atoms with Crippen molar-refractivity contribution in [1.29, 1.82) is 0 Å². The minimum Gasteiger partial charge on any atom is -0.436 e. The molecule has 0 N–H and O–H groups in total. The van der Waals surface area contributed by atoms with Crippen molar-refractivity contribution in [1.82, 2.24) is 19.1 Å². The molecule has 5 heteroatoms. The van der Waals surface area contributed by atoms with Crippen LogP contribution in [0.15, 0.2) is 186 Å². The molecule has 12 aromatic rings. The Balaban J connectivity index is 1.17. The van der Waals surface area contributed by atoms with Crippen molar-refractivity contribution in [3.8, 4) is 56.1 Å². The topological polar surface area (TPSA) is 48.8 Å². The Morgan fingerprint density at radius 2 is 1.00 bits per heavy atom. The molecule has 0 bridgehead atoms. The van der Waals surface area contributed by atoms with Gasteiger partial charge in [-0.3, -0.25) is 4.57 Å². The van der Waals surface area contributed by atoms with Crippen LogP contribution >= 0.6 is 0 Å². The van der Waals surface area contributed by atoms with Crippen LogP contribution in [0.4, 0.5) is 0 Å². The smallest absolute Gasteiger partial charge is 0.247 e. The summed E-state index contributed by atoms with van der Waals surface area (Å²) in [4.78, 5) is 10.9. The number of hydrogen-bond donors (Lipinski definition) is 0. The maximum Gasteiger partial charge on any atom is 0.247 e. The molecule has 0 atom stereocenters. The van der Waals surface area contributed by atoms with Gasteiger partial charge in [0, 0.05) is 43.6 Å². The number of aromatic nitrogens is 4. The third-order valence-corrected chi connectivity index (χ3v) is 11.9. The maximum absolute atomic E-state index is 6.39. The normalized spacial score (nSPS) is 12.2. The van der Waals surface area contributed by atoms with Crippen molar-refractivity contribution >= 4 is 65.8 Å². The van der Waals surface area contributed by atoms with E-state index in [1.54, 1.807) is 0 Å². The van der Waals surface area contributed by atoms with Crippen LogP contribution in [0.3, 0.4) is 0 Å². The summed E-state index contributed by atoms with van der Waals surface area (Å²) in [6.45, 7) is 0. The fourth-order valence-corrected chi connectivity index (χ4v) is 9.41. The van der Waals surface area contributed by atoms with Gasteiger partial charge in [-0.2, -0.15) is 0 Å². The van der Waals surface area contributed by atoms with E-state index in [2.05, 4.69) is 167 Å². The first-order valence-corrected chi connectivity index (χ1v) is 19.3. The molecule has 0 unspecified atom stereocenters. The van der Waals surface area contributed by atoms with E-state index in [0.29, 0.717) is 5.71 Å². The second kappa shape index (κ2) is 11.4. The van der Waals surface area contributed by atoms with Crippen molar-refractivity contribution in [2.45, 2.75) is 0 Å². The summed E-state index contributed by atoms with van der Waals surface area (Å²) < 4.78 is 11.2. The second-order valence-electron chi connectivity index (χ2n) is 14.9. The lowest BCUT2D eigenvalue weighted by molar-refractivity contribution is 0.653. The zero-order valence-corrected chi connectivity index (χ0v) is 30.5. The molecule has 5 heterocycles. The van der Waals surface area contributed by atoms with E-state index in [4.69, 9.17) is 14.4 Å². The van der Waals surface area contributed by atoms with Crippen molar-refractivity contribution in [2.24, 2.45) is 0 Å². The molecule has 1 aliphatic heterocycles. The molecule has 0 amide bonds. The molecule has 57 heavy (non-hydrogen) atoms. The number of fused-ring (bicyclic) bond motifs is 14. The number of furan rings is 1. The monoisotopic (exact) mass is 726 g/mol. The van der Waals surface area contributed by atoms with Gasteiger partial charge in [0.05, 0.1) is 27.8 Å². The highest BCUT2D eigenvalue weighted by atomic mass is 16.3. The second-order valence-corrected chi connectivity index (χ2v) is 14.9. The lowest BCUT2D eigenvalue weighted by Crippen LogP contribution is -2.03. The molecule has 0 saturated heterocycles. The first-order chi connectivity index (χ1) is 28.3. The van der Waals surface area contributed by atoms with Gasteiger partial charge < -0.3 is 8.98 Å². The Labute approximate surface area is 326 Å². The van der Waals surface area contributed by atoms with Crippen LogP contribution in [0.5, 0.6) is 0 Å². The summed E-state index contributed by atoms with van der Waals surface area (Å²) in [5.41, 5.74) is 16.7. The molecule has 8 aromatic carbocycles. The minimum atomic E-state index is 0.521. The number of hydrogen-bond acceptors (Lipinski definition) is 3. The number of nitrogens with zero attached hydrogens (tertiary/aromatic N) is 4. The van der Waals surface area contributed by atoms with Gasteiger partial charge in [0.2, 0.25) is 5.71 Å². The molecule has 0 spiro atoms. The van der Waals surface area contributed by atoms with Crippen LogP contribution in [0.2, 0.25) is 0 Å². The van der Waals surface area contributed by atoms with Crippen LogP contribution in [0.1, 0.15) is 0 Å². The number of benzene rings is 8. The fraction of sp³-hybridized carbons (Fsp3) is 0.